The van der Waals surface area contributed by atoms with Gasteiger partial charge in [0, 0.05) is 15.3 Å². The number of rotatable bonds is 0. The van der Waals surface area contributed by atoms with Gasteiger partial charge in [-0.15, -0.1) is 0 Å². The molecule has 5 heavy (non-hydrogen) atoms. The van der Waals surface area contributed by atoms with Crippen molar-refractivity contribution >= 4 is 14.3 Å². The van der Waals surface area contributed by atoms with E-state index >= 15 is 0 Å². The zero-order chi connectivity index (χ0) is 3.58. The maximum absolute atomic E-state index is 9.22. The Kier molecular flexibility index (Phi) is 6.23. The maximum Gasteiger partial charge on any atom is 0.214 e. The van der Waals surface area contributed by atoms with Gasteiger partial charge < -0.3 is 5.73 Å². The van der Waals surface area contributed by atoms with E-state index in [-0.39, 0.29) is 14.3 Å². The fraction of sp³-hybridized carbons (Fsp3) is 0.500. The fourth-order valence-electron chi connectivity index (χ4n) is 0. The van der Waals surface area contributed by atoms with E-state index in [1.54, 1.807) is 0 Å². The molecule has 0 aromatic carbocycles. The molecule has 2 N–H and O–H groups in total. The lowest BCUT2D eigenvalue weighted by molar-refractivity contribution is -0.115. The first-order valence-corrected chi connectivity index (χ1v) is 0.993. The quantitative estimate of drug-likeness (QED) is 0.369. The van der Waals surface area contributed by atoms with E-state index in [9.17, 15) is 4.79 Å². The summed E-state index contributed by atoms with van der Waals surface area (Å²) in [7, 11) is 0. The van der Waals surface area contributed by atoms with Gasteiger partial charge in [-0.05, 0) is 0 Å². The summed E-state index contributed by atoms with van der Waals surface area (Å²) in [5.41, 5.74) is 4.47. The molecule has 0 fully saturated rings. The Morgan fingerprint density at radius 1 is 1.80 bits per heavy atom. The van der Waals surface area contributed by atoms with Crippen molar-refractivity contribution in [2.75, 3.05) is 0 Å². The van der Waals surface area contributed by atoms with Gasteiger partial charge in [0.15, 0.2) is 0 Å². The Balaban J connectivity index is 0. The average Bonchev–Trinajstić information content (AvgIpc) is 0.811. The van der Waals surface area contributed by atoms with E-state index in [4.69, 9.17) is 0 Å². The highest BCUT2D eigenvalue weighted by atomic mass is 16.1. The van der Waals surface area contributed by atoms with Crippen molar-refractivity contribution in [3.63, 3.8) is 0 Å². The second-order valence-electron chi connectivity index (χ2n) is 0.611. The summed E-state index contributed by atoms with van der Waals surface area (Å²) in [6, 6.07) is 0. The highest BCUT2D eigenvalue weighted by Crippen LogP contribution is 1.33. The summed E-state index contributed by atoms with van der Waals surface area (Å²) in [5, 5.41) is 0. The minimum Gasteiger partial charge on any atom is -0.370 e. The van der Waals surface area contributed by atoms with Gasteiger partial charge in [0.05, 0.1) is 0 Å². The first kappa shape index (κ1) is 8.82. The Morgan fingerprint density at radius 2 is 1.80 bits per heavy atom. The second kappa shape index (κ2) is 3.53. The zero-order valence-corrected chi connectivity index (χ0v) is 3.06. The van der Waals surface area contributed by atoms with E-state index in [2.05, 4.69) is 5.73 Å². The SMILES string of the molecule is CC(N)=O.[B]. The Morgan fingerprint density at radius 3 is 1.80 bits per heavy atom. The predicted octanol–water partition coefficient (Wildman–Crippen LogP) is -0.889. The van der Waals surface area contributed by atoms with Crippen LogP contribution in [-0.2, 0) is 4.79 Å². The molecule has 0 aromatic heterocycles. The standard InChI is InChI=1S/C2H5NO.B/c1-2(3)4;/h1H3,(H2,3,4);. The average molecular weight is 69.9 g/mol. The molecular weight excluding hydrogens is 64.8 g/mol. The summed E-state index contributed by atoms with van der Waals surface area (Å²) in [5.74, 6) is -0.333. The lowest BCUT2D eigenvalue weighted by atomic mass is 10.8. The summed E-state index contributed by atoms with van der Waals surface area (Å²) in [6.07, 6.45) is 0. The molecule has 0 saturated heterocycles. The van der Waals surface area contributed by atoms with Crippen molar-refractivity contribution in [2.24, 2.45) is 5.73 Å². The highest BCUT2D eigenvalue weighted by molar-refractivity contribution is 5.75. The molecule has 0 heterocycles. The number of hydrogen-bond donors (Lipinski definition) is 1. The van der Waals surface area contributed by atoms with Crippen LogP contribution in [0.4, 0.5) is 0 Å². The first-order chi connectivity index (χ1) is 1.73. The minimum atomic E-state index is -0.333. The lowest BCUT2D eigenvalue weighted by Crippen LogP contribution is -2.01. The van der Waals surface area contributed by atoms with Crippen LogP contribution in [0.2, 0.25) is 0 Å². The van der Waals surface area contributed by atoms with Crippen LogP contribution in [0.25, 0.3) is 0 Å². The third-order valence-corrected chi connectivity index (χ3v) is 0. The molecule has 2 nitrogen and oxygen atoms in total. The molecule has 3 heteroatoms. The number of hydrogen-bond acceptors (Lipinski definition) is 1. The van der Waals surface area contributed by atoms with Crippen molar-refractivity contribution in [3.05, 3.63) is 0 Å². The third-order valence-electron chi connectivity index (χ3n) is 0. The van der Waals surface area contributed by atoms with Crippen molar-refractivity contribution in [1.82, 2.24) is 0 Å². The smallest absolute Gasteiger partial charge is 0.214 e. The molecular formula is C2H5BNO. The van der Waals surface area contributed by atoms with Gasteiger partial charge in [0.2, 0.25) is 5.91 Å². The van der Waals surface area contributed by atoms with Gasteiger partial charge in [-0.3, -0.25) is 4.79 Å². The van der Waals surface area contributed by atoms with Crippen LogP contribution in [0, 0.1) is 0 Å². The number of primary amides is 1. The van der Waals surface area contributed by atoms with Gasteiger partial charge in [0.25, 0.3) is 0 Å². The zero-order valence-electron chi connectivity index (χ0n) is 3.06. The molecule has 0 bridgehead atoms. The number of amides is 1. The Bertz CT molecular complexity index is 32.6. The normalized spacial score (nSPS) is 5.00. The molecule has 0 aliphatic carbocycles. The lowest BCUT2D eigenvalue weighted by Gasteiger charge is -1.60. The van der Waals surface area contributed by atoms with Gasteiger partial charge in [-0.25, -0.2) is 0 Å². The molecule has 0 aliphatic heterocycles. The molecule has 0 atom stereocenters. The molecule has 1 amide bonds. The molecule has 0 rings (SSSR count). The van der Waals surface area contributed by atoms with Crippen LogP contribution in [0.1, 0.15) is 6.92 Å². The molecule has 3 radical (unpaired) electrons. The highest BCUT2D eigenvalue weighted by Gasteiger charge is 1.61. The van der Waals surface area contributed by atoms with Crippen LogP contribution in [0.15, 0.2) is 0 Å². The fourth-order valence-corrected chi connectivity index (χ4v) is 0. The van der Waals surface area contributed by atoms with Crippen molar-refractivity contribution in [3.8, 4) is 0 Å². The Labute approximate surface area is 32.9 Å². The third kappa shape index (κ3) is 38.5. The molecule has 0 aromatic rings. The van der Waals surface area contributed by atoms with E-state index < -0.39 is 0 Å². The van der Waals surface area contributed by atoms with E-state index in [1.165, 1.54) is 6.92 Å². The van der Waals surface area contributed by atoms with Gasteiger partial charge >= 0.3 is 0 Å². The second-order valence-corrected chi connectivity index (χ2v) is 0.611. The van der Waals surface area contributed by atoms with Gasteiger partial charge in [-0.1, -0.05) is 0 Å². The summed E-state index contributed by atoms with van der Waals surface area (Å²) in [4.78, 5) is 9.22. The van der Waals surface area contributed by atoms with E-state index in [0.29, 0.717) is 0 Å². The molecule has 0 spiro atoms. The largest absolute Gasteiger partial charge is 0.370 e. The Hall–Kier alpha value is -0.465. The van der Waals surface area contributed by atoms with Crippen LogP contribution in [0.5, 0.6) is 0 Å². The van der Waals surface area contributed by atoms with Crippen LogP contribution in [-0.4, -0.2) is 14.3 Å². The topological polar surface area (TPSA) is 43.1 Å². The van der Waals surface area contributed by atoms with Crippen molar-refractivity contribution < 1.29 is 4.79 Å². The van der Waals surface area contributed by atoms with Gasteiger partial charge in [-0.2, -0.15) is 0 Å². The summed E-state index contributed by atoms with van der Waals surface area (Å²) < 4.78 is 0. The predicted molar refractivity (Wildman–Crippen MR) is 20.6 cm³/mol. The molecule has 0 aliphatic rings. The van der Waals surface area contributed by atoms with Crippen LogP contribution in [0.3, 0.4) is 0 Å². The van der Waals surface area contributed by atoms with Crippen LogP contribution >= 0.6 is 0 Å². The minimum absolute atomic E-state index is 0. The maximum atomic E-state index is 9.22. The summed E-state index contributed by atoms with van der Waals surface area (Å²) >= 11 is 0. The molecule has 0 saturated carbocycles. The van der Waals surface area contributed by atoms with Crippen molar-refractivity contribution in [2.45, 2.75) is 6.92 Å². The van der Waals surface area contributed by atoms with E-state index in [1.807, 2.05) is 0 Å². The molecule has 0 unspecified atom stereocenters. The van der Waals surface area contributed by atoms with Crippen LogP contribution < -0.4 is 5.73 Å². The first-order valence-electron chi connectivity index (χ1n) is 0.993. The monoisotopic (exact) mass is 70.0 g/mol. The van der Waals surface area contributed by atoms with E-state index in [0.717, 1.165) is 0 Å². The van der Waals surface area contributed by atoms with Gasteiger partial charge in [0.1, 0.15) is 0 Å². The number of nitrogens with two attached hydrogens (primary N) is 1. The number of carbonyl (C=O) groups excluding carboxylic acids is 1. The summed E-state index contributed by atoms with van der Waals surface area (Å²) in [6.45, 7) is 1.31. The molecule has 27 valence electrons. The van der Waals surface area contributed by atoms with Crippen molar-refractivity contribution in [1.29, 1.82) is 0 Å². The number of carbonyl (C=O) groups is 1.